The zero-order chi connectivity index (χ0) is 19.1. The molecule has 0 unspecified atom stereocenters. The lowest BCUT2D eigenvalue weighted by Crippen LogP contribution is -2.41. The van der Waals surface area contributed by atoms with E-state index in [1.54, 1.807) is 11.0 Å². The number of ether oxygens (including phenoxy) is 2. The fourth-order valence-electron chi connectivity index (χ4n) is 2.99. The molecule has 0 N–H and O–H groups in total. The number of nitriles is 1. The van der Waals surface area contributed by atoms with Crippen LogP contribution < -0.4 is 4.74 Å². The molecule has 1 aliphatic heterocycles. The van der Waals surface area contributed by atoms with Crippen LogP contribution in [0.25, 0.3) is 10.9 Å². The highest BCUT2D eigenvalue weighted by atomic mass is 35.5. The van der Waals surface area contributed by atoms with Gasteiger partial charge in [-0.2, -0.15) is 5.26 Å². The van der Waals surface area contributed by atoms with Crippen molar-refractivity contribution in [3.63, 3.8) is 0 Å². The number of hydrogen-bond acceptors (Lipinski definition) is 4. The first-order valence-electron chi connectivity index (χ1n) is 8.19. The van der Waals surface area contributed by atoms with E-state index in [0.717, 1.165) is 16.6 Å². The van der Waals surface area contributed by atoms with Crippen molar-refractivity contribution >= 4 is 40.2 Å². The van der Waals surface area contributed by atoms with Crippen LogP contribution in [0.1, 0.15) is 26.5 Å². The topological polar surface area (TPSA) is 67.5 Å². The summed E-state index contributed by atoms with van der Waals surface area (Å²) in [5.41, 5.74) is 1.12. The normalized spacial score (nSPS) is 14.1. The van der Waals surface area contributed by atoms with E-state index in [9.17, 15) is 4.79 Å². The van der Waals surface area contributed by atoms with Crippen molar-refractivity contribution < 1.29 is 14.3 Å². The number of amides is 1. The molecule has 0 fully saturated rings. The third kappa shape index (κ3) is 3.55. The zero-order valence-electron chi connectivity index (χ0n) is 14.8. The Morgan fingerprint density at radius 1 is 1.31 bits per heavy atom. The number of rotatable bonds is 2. The number of fused-ring (bicyclic) bond motifs is 3. The van der Waals surface area contributed by atoms with Crippen LogP contribution in [-0.4, -0.2) is 34.3 Å². The average molecular weight is 396 g/mol. The molecule has 2 aromatic rings. The van der Waals surface area contributed by atoms with Gasteiger partial charge >= 0.3 is 6.09 Å². The summed E-state index contributed by atoms with van der Waals surface area (Å²) >= 11 is 12.6. The standard InChI is InChI=1S/C18H19Cl2N3O3/c1-18(2,3)26-17(24)22-5-6-23-11(10-22)8-12-14(25-7-4-21)9-13(19)15(20)16(12)23/h8-9H,5-7,10H2,1-3H3. The second kappa shape index (κ2) is 6.90. The van der Waals surface area contributed by atoms with Gasteiger partial charge in [-0.05, 0) is 26.8 Å². The molecule has 1 aromatic carbocycles. The third-order valence-corrected chi connectivity index (χ3v) is 4.79. The average Bonchev–Trinajstić information content (AvgIpc) is 2.94. The van der Waals surface area contributed by atoms with E-state index < -0.39 is 5.60 Å². The lowest BCUT2D eigenvalue weighted by atomic mass is 10.2. The number of halogens is 2. The molecule has 0 radical (unpaired) electrons. The molecule has 6 nitrogen and oxygen atoms in total. The molecule has 0 aliphatic carbocycles. The minimum Gasteiger partial charge on any atom is -0.478 e. The Kier molecular flexibility index (Phi) is 4.96. The zero-order valence-corrected chi connectivity index (χ0v) is 16.3. The lowest BCUT2D eigenvalue weighted by molar-refractivity contribution is 0.0200. The summed E-state index contributed by atoms with van der Waals surface area (Å²) in [6.07, 6.45) is -0.348. The Balaban J connectivity index is 1.98. The van der Waals surface area contributed by atoms with Crippen LogP contribution >= 0.6 is 23.2 Å². The predicted molar refractivity (Wildman–Crippen MR) is 99.7 cm³/mol. The van der Waals surface area contributed by atoms with Crippen molar-refractivity contribution in [2.24, 2.45) is 0 Å². The summed E-state index contributed by atoms with van der Waals surface area (Å²) in [4.78, 5) is 14.0. The molecular formula is C18H19Cl2N3O3. The highest BCUT2D eigenvalue weighted by molar-refractivity contribution is 6.45. The largest absolute Gasteiger partial charge is 0.478 e. The minimum absolute atomic E-state index is 0.0857. The van der Waals surface area contributed by atoms with Gasteiger partial charge in [-0.25, -0.2) is 4.79 Å². The van der Waals surface area contributed by atoms with Gasteiger partial charge in [0.15, 0.2) is 6.61 Å². The third-order valence-electron chi connectivity index (χ3n) is 4.01. The van der Waals surface area contributed by atoms with Crippen LogP contribution in [0.15, 0.2) is 12.1 Å². The maximum Gasteiger partial charge on any atom is 0.410 e. The molecule has 0 saturated heterocycles. The van der Waals surface area contributed by atoms with E-state index >= 15 is 0 Å². The summed E-state index contributed by atoms with van der Waals surface area (Å²) in [7, 11) is 0. The van der Waals surface area contributed by atoms with Crippen LogP contribution in [0.2, 0.25) is 10.0 Å². The van der Waals surface area contributed by atoms with Gasteiger partial charge in [0, 0.05) is 30.2 Å². The summed E-state index contributed by atoms with van der Waals surface area (Å²) in [5, 5.41) is 10.3. The van der Waals surface area contributed by atoms with Gasteiger partial charge < -0.3 is 18.9 Å². The van der Waals surface area contributed by atoms with Crippen LogP contribution in [0.3, 0.4) is 0 Å². The number of carbonyl (C=O) groups is 1. The monoisotopic (exact) mass is 395 g/mol. The van der Waals surface area contributed by atoms with Gasteiger partial charge in [-0.15, -0.1) is 0 Å². The van der Waals surface area contributed by atoms with Crippen LogP contribution in [0, 0.1) is 11.3 Å². The van der Waals surface area contributed by atoms with Crippen molar-refractivity contribution in [2.75, 3.05) is 13.2 Å². The summed E-state index contributed by atoms with van der Waals surface area (Å²) in [5.74, 6) is 0.502. The second-order valence-electron chi connectivity index (χ2n) is 7.07. The highest BCUT2D eigenvalue weighted by Gasteiger charge is 2.28. The molecule has 0 bridgehead atoms. The highest BCUT2D eigenvalue weighted by Crippen LogP contribution is 2.40. The molecule has 1 aliphatic rings. The first-order valence-corrected chi connectivity index (χ1v) is 8.94. The van der Waals surface area contributed by atoms with Crippen molar-refractivity contribution in [1.82, 2.24) is 9.47 Å². The Bertz CT molecular complexity index is 909. The van der Waals surface area contributed by atoms with E-state index in [1.165, 1.54) is 0 Å². The van der Waals surface area contributed by atoms with Crippen LogP contribution in [0.4, 0.5) is 4.79 Å². The lowest BCUT2D eigenvalue weighted by Gasteiger charge is -2.31. The van der Waals surface area contributed by atoms with Gasteiger partial charge in [0.05, 0.1) is 22.1 Å². The minimum atomic E-state index is -0.545. The molecule has 2 heterocycles. The molecule has 0 saturated carbocycles. The van der Waals surface area contributed by atoms with Gasteiger partial charge in [-0.3, -0.25) is 0 Å². The molecule has 0 atom stereocenters. The molecule has 26 heavy (non-hydrogen) atoms. The number of benzene rings is 1. The van der Waals surface area contributed by atoms with E-state index in [0.29, 0.717) is 35.4 Å². The van der Waals surface area contributed by atoms with Crippen molar-refractivity contribution in [1.29, 1.82) is 5.26 Å². The Morgan fingerprint density at radius 3 is 2.69 bits per heavy atom. The second-order valence-corrected chi connectivity index (χ2v) is 7.85. The van der Waals surface area contributed by atoms with Gasteiger partial charge in [0.2, 0.25) is 0 Å². The number of nitrogens with zero attached hydrogens (tertiary/aromatic N) is 3. The Labute approximate surface area is 161 Å². The molecule has 1 aromatic heterocycles. The maximum atomic E-state index is 12.4. The fraction of sp³-hybridized carbons (Fsp3) is 0.444. The molecule has 1 amide bonds. The molecule has 138 valence electrons. The predicted octanol–water partition coefficient (Wildman–Crippen LogP) is 4.60. The van der Waals surface area contributed by atoms with E-state index in [1.807, 2.05) is 37.5 Å². The molecule has 0 spiro atoms. The summed E-state index contributed by atoms with van der Waals surface area (Å²) < 4.78 is 13.0. The fourth-order valence-corrected chi connectivity index (χ4v) is 3.44. The smallest absolute Gasteiger partial charge is 0.410 e. The van der Waals surface area contributed by atoms with E-state index in [-0.39, 0.29) is 12.7 Å². The van der Waals surface area contributed by atoms with Crippen LogP contribution in [0.5, 0.6) is 5.75 Å². The van der Waals surface area contributed by atoms with Crippen molar-refractivity contribution in [3.8, 4) is 11.8 Å². The Morgan fingerprint density at radius 2 is 2.04 bits per heavy atom. The maximum absolute atomic E-state index is 12.4. The number of carbonyl (C=O) groups excluding carboxylic acids is 1. The Hall–Kier alpha value is -2.10. The van der Waals surface area contributed by atoms with Crippen molar-refractivity contribution in [3.05, 3.63) is 27.9 Å². The quantitative estimate of drug-likeness (QED) is 0.744. The molecular weight excluding hydrogens is 377 g/mol. The number of aromatic nitrogens is 1. The van der Waals surface area contributed by atoms with Crippen LogP contribution in [-0.2, 0) is 17.8 Å². The molecule has 3 rings (SSSR count). The summed E-state index contributed by atoms with van der Waals surface area (Å²) in [6, 6.07) is 5.48. The summed E-state index contributed by atoms with van der Waals surface area (Å²) in [6.45, 7) is 6.90. The SMILES string of the molecule is CC(C)(C)OC(=O)N1CCn2c(cc3c(OCC#N)cc(Cl)c(Cl)c32)C1. The molecule has 8 heteroatoms. The van der Waals surface area contributed by atoms with E-state index in [4.69, 9.17) is 37.9 Å². The van der Waals surface area contributed by atoms with Gasteiger partial charge in [-0.1, -0.05) is 23.2 Å². The number of hydrogen-bond donors (Lipinski definition) is 0. The van der Waals surface area contributed by atoms with Gasteiger partial charge in [0.1, 0.15) is 17.4 Å². The van der Waals surface area contributed by atoms with E-state index in [2.05, 4.69) is 0 Å². The first-order chi connectivity index (χ1) is 12.2. The van der Waals surface area contributed by atoms with Crippen molar-refractivity contribution in [2.45, 2.75) is 39.5 Å². The first kappa shape index (κ1) is 18.7. The van der Waals surface area contributed by atoms with Gasteiger partial charge in [0.25, 0.3) is 0 Å².